The van der Waals surface area contributed by atoms with Gasteiger partial charge in [0.15, 0.2) is 11.5 Å². The Hall–Kier alpha value is -4.84. The van der Waals surface area contributed by atoms with Crippen LogP contribution in [-0.2, 0) is 4.57 Å². The zero-order valence-electron chi connectivity index (χ0n) is 15.7. The van der Waals surface area contributed by atoms with Crippen molar-refractivity contribution in [2.24, 2.45) is 0 Å². The van der Waals surface area contributed by atoms with Crippen molar-refractivity contribution in [1.29, 1.82) is 0 Å². The van der Waals surface area contributed by atoms with Gasteiger partial charge in [-0.05, 0) is 24.3 Å². The number of rotatable bonds is 9. The molecule has 14 nitrogen and oxygen atoms in total. The van der Waals surface area contributed by atoms with Crippen molar-refractivity contribution in [2.45, 2.75) is 0 Å². The van der Waals surface area contributed by atoms with Crippen LogP contribution in [0, 0.1) is 0 Å². The van der Waals surface area contributed by atoms with Gasteiger partial charge in [-0.25, -0.2) is 33.3 Å². The number of ether oxygens (including phenoxy) is 1. The van der Waals surface area contributed by atoms with E-state index in [1.165, 1.54) is 0 Å². The van der Waals surface area contributed by atoms with Crippen molar-refractivity contribution < 1.29 is 68.1 Å². The van der Waals surface area contributed by atoms with Gasteiger partial charge in [-0.15, -0.1) is 0 Å². The molecule has 170 valence electrons. The number of aromatic carboxylic acids is 5. The second-order valence-electron chi connectivity index (χ2n) is 5.88. The van der Waals surface area contributed by atoms with Gasteiger partial charge in [0.1, 0.15) is 22.3 Å². The minimum absolute atomic E-state index is 0.504. The Balaban J connectivity index is 2.79. The molecule has 2 aromatic rings. The standard InChI is InChI=1S/C18H9O14P/c19-13(20)5-1-7(15(23)24)11(8(2-5)16(25)26)31-18(29)10-4-6(14(21)22)3-9(17(27)28)12(10)32-33-30/h1-4H,(H,19,20)(H,21,22)(H,23,24)(H,25,26)(H,27,28). The Labute approximate surface area is 182 Å². The molecule has 0 bridgehead atoms. The van der Waals surface area contributed by atoms with Crippen molar-refractivity contribution in [3.8, 4) is 11.5 Å². The Morgan fingerprint density at radius 1 is 0.576 bits per heavy atom. The fourth-order valence-electron chi connectivity index (χ4n) is 2.53. The highest BCUT2D eigenvalue weighted by molar-refractivity contribution is 7.17. The molecule has 0 aliphatic heterocycles. The molecular formula is C18H9O14P. The number of benzene rings is 2. The molecule has 0 unspecified atom stereocenters. The van der Waals surface area contributed by atoms with Crippen molar-refractivity contribution >= 4 is 44.5 Å². The molecular weight excluding hydrogens is 471 g/mol. The first-order valence-corrected chi connectivity index (χ1v) is 8.86. The minimum Gasteiger partial charge on any atom is -0.478 e. The quantitative estimate of drug-likeness (QED) is 0.196. The van der Waals surface area contributed by atoms with Crippen LogP contribution in [0.3, 0.4) is 0 Å². The number of carboxylic acid groups (broad SMARTS) is 5. The molecule has 0 saturated heterocycles. The molecule has 2 rings (SSSR count). The third kappa shape index (κ3) is 5.08. The van der Waals surface area contributed by atoms with E-state index in [1.54, 1.807) is 0 Å². The van der Waals surface area contributed by atoms with Crippen molar-refractivity contribution in [1.82, 2.24) is 0 Å². The fraction of sp³-hybridized carbons (Fsp3) is 0. The molecule has 0 amide bonds. The summed E-state index contributed by atoms with van der Waals surface area (Å²) in [4.78, 5) is 69.8. The van der Waals surface area contributed by atoms with E-state index in [4.69, 9.17) is 14.9 Å². The molecule has 0 spiro atoms. The lowest BCUT2D eigenvalue weighted by molar-refractivity contribution is 0.0660. The van der Waals surface area contributed by atoms with Crippen LogP contribution in [-0.4, -0.2) is 61.3 Å². The van der Waals surface area contributed by atoms with E-state index in [2.05, 4.69) is 4.52 Å². The van der Waals surface area contributed by atoms with Gasteiger partial charge in [0.05, 0.1) is 11.1 Å². The summed E-state index contributed by atoms with van der Waals surface area (Å²) in [5.41, 5.74) is -5.52. The first-order valence-electron chi connectivity index (χ1n) is 8.13. The van der Waals surface area contributed by atoms with Gasteiger partial charge in [-0.2, -0.15) is 0 Å². The summed E-state index contributed by atoms with van der Waals surface area (Å²) in [5, 5.41) is 46.2. The molecule has 0 saturated carbocycles. The van der Waals surface area contributed by atoms with Crippen LogP contribution < -0.4 is 9.26 Å². The van der Waals surface area contributed by atoms with Gasteiger partial charge in [-0.3, -0.25) is 0 Å². The van der Waals surface area contributed by atoms with Gasteiger partial charge < -0.3 is 34.8 Å². The van der Waals surface area contributed by atoms with Crippen LogP contribution in [0.1, 0.15) is 62.1 Å². The topological polar surface area (TPSA) is 239 Å². The summed E-state index contributed by atoms with van der Waals surface area (Å²) in [5.74, 6) is -12.7. The SMILES string of the molecule is O=POc1c(C(=O)O)cc(C(=O)O)cc1C(=O)Oc1c(C(=O)O)cc(C(=O)O)cc1C(=O)O. The monoisotopic (exact) mass is 480 g/mol. The average molecular weight is 480 g/mol. The van der Waals surface area contributed by atoms with Gasteiger partial charge in [-0.1, -0.05) is 0 Å². The van der Waals surface area contributed by atoms with E-state index in [9.17, 15) is 48.7 Å². The van der Waals surface area contributed by atoms with Crippen LogP contribution in [0.4, 0.5) is 0 Å². The Kier molecular flexibility index (Phi) is 7.06. The largest absolute Gasteiger partial charge is 0.478 e. The molecule has 2 aromatic carbocycles. The van der Waals surface area contributed by atoms with Gasteiger partial charge in [0, 0.05) is 0 Å². The predicted molar refractivity (Wildman–Crippen MR) is 101 cm³/mol. The first kappa shape index (κ1) is 24.4. The zero-order chi connectivity index (χ0) is 25.0. The predicted octanol–water partition coefficient (Wildman–Crippen LogP) is 1.98. The van der Waals surface area contributed by atoms with E-state index >= 15 is 0 Å². The number of hydrogen-bond acceptors (Lipinski definition) is 9. The smallest absolute Gasteiger partial charge is 0.395 e. The van der Waals surface area contributed by atoms with E-state index in [1.807, 2.05) is 0 Å². The number of esters is 1. The molecule has 33 heavy (non-hydrogen) atoms. The molecule has 0 atom stereocenters. The second kappa shape index (κ2) is 9.53. The maximum absolute atomic E-state index is 12.7. The third-order valence-corrected chi connectivity index (χ3v) is 4.16. The van der Waals surface area contributed by atoms with Crippen LogP contribution >= 0.6 is 8.69 Å². The van der Waals surface area contributed by atoms with Gasteiger partial charge in [0.25, 0.3) is 0 Å². The maximum Gasteiger partial charge on any atom is 0.395 e. The number of carbonyl (C=O) groups is 6. The zero-order valence-corrected chi connectivity index (χ0v) is 16.6. The normalized spacial score (nSPS) is 10.3. The number of carbonyl (C=O) groups excluding carboxylic acids is 1. The van der Waals surface area contributed by atoms with Crippen molar-refractivity contribution in [2.75, 3.05) is 0 Å². The second-order valence-corrected chi connectivity index (χ2v) is 6.21. The summed E-state index contributed by atoms with van der Waals surface area (Å²) >= 11 is 0. The number of carboxylic acids is 5. The number of hydrogen-bond donors (Lipinski definition) is 5. The van der Waals surface area contributed by atoms with Gasteiger partial charge >= 0.3 is 44.5 Å². The molecule has 15 heteroatoms. The highest BCUT2D eigenvalue weighted by atomic mass is 31.1. The van der Waals surface area contributed by atoms with E-state index < -0.39 is 89.4 Å². The highest BCUT2D eigenvalue weighted by Gasteiger charge is 2.30. The van der Waals surface area contributed by atoms with Crippen LogP contribution in [0.2, 0.25) is 0 Å². The molecule has 5 N–H and O–H groups in total. The summed E-state index contributed by atoms with van der Waals surface area (Å²) in [6, 6.07) is 2.15. The summed E-state index contributed by atoms with van der Waals surface area (Å²) in [7, 11) is -1.16. The Morgan fingerprint density at radius 2 is 0.939 bits per heavy atom. The summed E-state index contributed by atoms with van der Waals surface area (Å²) in [6.45, 7) is 0. The fourth-order valence-corrected chi connectivity index (χ4v) is 2.80. The molecule has 0 heterocycles. The van der Waals surface area contributed by atoms with Crippen LogP contribution in [0.25, 0.3) is 0 Å². The molecule has 0 aromatic heterocycles. The van der Waals surface area contributed by atoms with Crippen LogP contribution in [0.15, 0.2) is 24.3 Å². The van der Waals surface area contributed by atoms with Crippen molar-refractivity contribution in [3.63, 3.8) is 0 Å². The average Bonchev–Trinajstić information content (AvgIpc) is 2.72. The van der Waals surface area contributed by atoms with E-state index in [0.717, 1.165) is 0 Å². The van der Waals surface area contributed by atoms with E-state index in [-0.39, 0.29) is 0 Å². The molecule has 0 fully saturated rings. The minimum atomic E-state index is -1.89. The Morgan fingerprint density at radius 3 is 1.27 bits per heavy atom. The lowest BCUT2D eigenvalue weighted by Crippen LogP contribution is -2.18. The third-order valence-electron chi connectivity index (χ3n) is 3.91. The van der Waals surface area contributed by atoms with Gasteiger partial charge in [0.2, 0.25) is 0 Å². The van der Waals surface area contributed by atoms with Crippen molar-refractivity contribution in [3.05, 3.63) is 57.6 Å². The first-order chi connectivity index (χ1) is 15.4. The van der Waals surface area contributed by atoms with E-state index in [0.29, 0.717) is 24.3 Å². The lowest BCUT2D eigenvalue weighted by Gasteiger charge is -2.14. The maximum atomic E-state index is 12.7. The summed E-state index contributed by atoms with van der Waals surface area (Å²) < 4.78 is 20.3. The van der Waals surface area contributed by atoms with Crippen LogP contribution in [0.5, 0.6) is 11.5 Å². The molecule has 0 radical (unpaired) electrons. The highest BCUT2D eigenvalue weighted by Crippen LogP contribution is 2.33. The summed E-state index contributed by atoms with van der Waals surface area (Å²) in [6.07, 6.45) is 0. The molecule has 0 aliphatic carbocycles. The lowest BCUT2D eigenvalue weighted by atomic mass is 10.0. The Bertz CT molecular complexity index is 1210. The molecule has 0 aliphatic rings.